The number of carbonyl (C=O) groups is 1. The number of ether oxygens (including phenoxy) is 2. The van der Waals surface area contributed by atoms with Gasteiger partial charge in [-0.1, -0.05) is 30.3 Å². The SMILES string of the molecule is CCOc1ccc(C(=O)N2CCC(Cc3ccccc3)CC2)cc1COC. The Labute approximate surface area is 162 Å². The van der Waals surface area contributed by atoms with Gasteiger partial charge >= 0.3 is 0 Å². The molecule has 2 aromatic rings. The Kier molecular flexibility index (Phi) is 6.88. The van der Waals surface area contributed by atoms with Crippen LogP contribution in [0.2, 0.25) is 0 Å². The third-order valence-corrected chi connectivity index (χ3v) is 5.18. The van der Waals surface area contributed by atoms with E-state index in [1.54, 1.807) is 7.11 Å². The van der Waals surface area contributed by atoms with E-state index in [9.17, 15) is 4.79 Å². The first-order chi connectivity index (χ1) is 13.2. The molecule has 0 unspecified atom stereocenters. The van der Waals surface area contributed by atoms with Crippen molar-refractivity contribution in [1.82, 2.24) is 4.90 Å². The van der Waals surface area contributed by atoms with Gasteiger partial charge in [0.1, 0.15) is 5.75 Å². The van der Waals surface area contributed by atoms with Gasteiger partial charge in [0.15, 0.2) is 0 Å². The van der Waals surface area contributed by atoms with E-state index < -0.39 is 0 Å². The summed E-state index contributed by atoms with van der Waals surface area (Å²) in [5.41, 5.74) is 3.02. The Balaban J connectivity index is 1.61. The van der Waals surface area contributed by atoms with E-state index in [4.69, 9.17) is 9.47 Å². The smallest absolute Gasteiger partial charge is 0.253 e. The molecule has 0 aromatic heterocycles. The fraction of sp³-hybridized carbons (Fsp3) is 0.435. The monoisotopic (exact) mass is 367 g/mol. The van der Waals surface area contributed by atoms with E-state index in [-0.39, 0.29) is 5.91 Å². The lowest BCUT2D eigenvalue weighted by Crippen LogP contribution is -2.39. The number of carbonyl (C=O) groups excluding carboxylic acids is 1. The predicted octanol–water partition coefficient (Wildman–Crippen LogP) is 4.33. The highest BCUT2D eigenvalue weighted by Crippen LogP contribution is 2.25. The zero-order valence-corrected chi connectivity index (χ0v) is 16.3. The van der Waals surface area contributed by atoms with Gasteiger partial charge in [0.25, 0.3) is 5.91 Å². The predicted molar refractivity (Wildman–Crippen MR) is 107 cm³/mol. The van der Waals surface area contributed by atoms with Crippen molar-refractivity contribution >= 4 is 5.91 Å². The molecule has 1 fully saturated rings. The molecule has 0 atom stereocenters. The summed E-state index contributed by atoms with van der Waals surface area (Å²) in [7, 11) is 1.65. The first-order valence-electron chi connectivity index (χ1n) is 9.79. The first kappa shape index (κ1) is 19.4. The summed E-state index contributed by atoms with van der Waals surface area (Å²) in [5, 5.41) is 0. The van der Waals surface area contributed by atoms with Gasteiger partial charge in [-0.15, -0.1) is 0 Å². The Bertz CT molecular complexity index is 737. The average molecular weight is 367 g/mol. The van der Waals surface area contributed by atoms with Crippen molar-refractivity contribution in [2.45, 2.75) is 32.8 Å². The second-order valence-corrected chi connectivity index (χ2v) is 7.11. The molecule has 2 aromatic carbocycles. The Morgan fingerprint density at radius 1 is 1.11 bits per heavy atom. The molecule has 4 heteroatoms. The number of rotatable bonds is 7. The van der Waals surface area contributed by atoms with E-state index in [0.29, 0.717) is 24.7 Å². The summed E-state index contributed by atoms with van der Waals surface area (Å²) < 4.78 is 10.9. The van der Waals surface area contributed by atoms with Crippen LogP contribution in [0.25, 0.3) is 0 Å². The van der Waals surface area contributed by atoms with Crippen molar-refractivity contribution in [3.8, 4) is 5.75 Å². The van der Waals surface area contributed by atoms with Crippen molar-refractivity contribution in [1.29, 1.82) is 0 Å². The largest absolute Gasteiger partial charge is 0.494 e. The zero-order chi connectivity index (χ0) is 19.1. The lowest BCUT2D eigenvalue weighted by molar-refractivity contribution is 0.0690. The number of likely N-dealkylation sites (tertiary alicyclic amines) is 1. The molecule has 1 aliphatic heterocycles. The average Bonchev–Trinajstić information content (AvgIpc) is 2.70. The highest BCUT2D eigenvalue weighted by Gasteiger charge is 2.24. The summed E-state index contributed by atoms with van der Waals surface area (Å²) in [6.45, 7) is 4.64. The standard InChI is InChI=1S/C23H29NO3/c1-3-27-22-10-9-20(16-21(22)17-26-2)23(25)24-13-11-19(12-14-24)15-18-7-5-4-6-8-18/h4-10,16,19H,3,11-15,17H2,1-2H3. The molecule has 0 aliphatic carbocycles. The van der Waals surface area contributed by atoms with Crippen molar-refractivity contribution in [2.75, 3.05) is 26.8 Å². The van der Waals surface area contributed by atoms with Crippen molar-refractivity contribution in [3.63, 3.8) is 0 Å². The Morgan fingerprint density at radius 3 is 2.52 bits per heavy atom. The minimum absolute atomic E-state index is 0.105. The maximum atomic E-state index is 12.9. The molecular formula is C23H29NO3. The fourth-order valence-electron chi connectivity index (χ4n) is 3.75. The number of benzene rings is 2. The van der Waals surface area contributed by atoms with Gasteiger partial charge in [0.2, 0.25) is 0 Å². The molecule has 144 valence electrons. The third kappa shape index (κ3) is 5.10. The number of methoxy groups -OCH3 is 1. The van der Waals surface area contributed by atoms with Gasteiger partial charge < -0.3 is 14.4 Å². The first-order valence-corrected chi connectivity index (χ1v) is 9.79. The summed E-state index contributed by atoms with van der Waals surface area (Å²) in [5.74, 6) is 1.55. The van der Waals surface area contributed by atoms with Crippen LogP contribution in [-0.2, 0) is 17.8 Å². The van der Waals surface area contributed by atoms with Gasteiger partial charge in [-0.3, -0.25) is 4.79 Å². The van der Waals surface area contributed by atoms with E-state index in [1.165, 1.54) is 5.56 Å². The second kappa shape index (κ2) is 9.56. The number of amides is 1. The Morgan fingerprint density at radius 2 is 1.85 bits per heavy atom. The number of hydrogen-bond donors (Lipinski definition) is 0. The van der Waals surface area contributed by atoms with Gasteiger partial charge in [0, 0.05) is 31.3 Å². The minimum Gasteiger partial charge on any atom is -0.494 e. The molecular weight excluding hydrogens is 338 g/mol. The topological polar surface area (TPSA) is 38.8 Å². The van der Waals surface area contributed by atoms with Gasteiger partial charge in [0.05, 0.1) is 13.2 Å². The molecule has 1 heterocycles. The number of nitrogens with zero attached hydrogens (tertiary/aromatic N) is 1. The molecule has 0 N–H and O–H groups in total. The van der Waals surface area contributed by atoms with Crippen LogP contribution in [0.5, 0.6) is 5.75 Å². The van der Waals surface area contributed by atoms with E-state index in [1.807, 2.05) is 30.0 Å². The van der Waals surface area contributed by atoms with Gasteiger partial charge in [-0.25, -0.2) is 0 Å². The van der Waals surface area contributed by atoms with Crippen molar-refractivity contribution < 1.29 is 14.3 Å². The zero-order valence-electron chi connectivity index (χ0n) is 16.3. The van der Waals surface area contributed by atoms with Crippen LogP contribution in [0, 0.1) is 5.92 Å². The molecule has 1 saturated heterocycles. The number of hydrogen-bond acceptors (Lipinski definition) is 3. The van der Waals surface area contributed by atoms with Gasteiger partial charge in [-0.05, 0) is 55.9 Å². The van der Waals surface area contributed by atoms with Crippen LogP contribution >= 0.6 is 0 Å². The minimum atomic E-state index is 0.105. The lowest BCUT2D eigenvalue weighted by Gasteiger charge is -2.32. The van der Waals surface area contributed by atoms with Crippen LogP contribution in [0.15, 0.2) is 48.5 Å². The van der Waals surface area contributed by atoms with Crippen LogP contribution in [0.3, 0.4) is 0 Å². The second-order valence-electron chi connectivity index (χ2n) is 7.11. The molecule has 4 nitrogen and oxygen atoms in total. The normalized spacial score (nSPS) is 15.0. The Hall–Kier alpha value is -2.33. The van der Waals surface area contributed by atoms with E-state index in [0.717, 1.165) is 43.7 Å². The maximum absolute atomic E-state index is 12.9. The van der Waals surface area contributed by atoms with Crippen LogP contribution in [-0.4, -0.2) is 37.6 Å². The highest BCUT2D eigenvalue weighted by atomic mass is 16.5. The van der Waals surface area contributed by atoms with Gasteiger partial charge in [-0.2, -0.15) is 0 Å². The van der Waals surface area contributed by atoms with Crippen LogP contribution in [0.4, 0.5) is 0 Å². The summed E-state index contributed by atoms with van der Waals surface area (Å²) >= 11 is 0. The molecule has 1 amide bonds. The summed E-state index contributed by atoms with van der Waals surface area (Å²) in [6.07, 6.45) is 3.22. The summed E-state index contributed by atoms with van der Waals surface area (Å²) in [6, 6.07) is 16.3. The van der Waals surface area contributed by atoms with E-state index >= 15 is 0 Å². The number of piperidine rings is 1. The molecule has 0 radical (unpaired) electrons. The highest BCUT2D eigenvalue weighted by molar-refractivity contribution is 5.94. The molecule has 0 saturated carbocycles. The third-order valence-electron chi connectivity index (χ3n) is 5.18. The van der Waals surface area contributed by atoms with Crippen LogP contribution < -0.4 is 4.74 Å². The molecule has 1 aliphatic rings. The van der Waals surface area contributed by atoms with Crippen molar-refractivity contribution in [3.05, 3.63) is 65.2 Å². The molecule has 27 heavy (non-hydrogen) atoms. The fourth-order valence-corrected chi connectivity index (χ4v) is 3.75. The summed E-state index contributed by atoms with van der Waals surface area (Å²) in [4.78, 5) is 14.9. The van der Waals surface area contributed by atoms with Crippen molar-refractivity contribution in [2.24, 2.45) is 5.92 Å². The maximum Gasteiger partial charge on any atom is 0.253 e. The van der Waals surface area contributed by atoms with E-state index in [2.05, 4.69) is 30.3 Å². The molecule has 0 spiro atoms. The molecule has 3 rings (SSSR count). The van der Waals surface area contributed by atoms with Crippen LogP contribution in [0.1, 0.15) is 41.3 Å². The molecule has 0 bridgehead atoms. The quantitative estimate of drug-likeness (QED) is 0.731. The lowest BCUT2D eigenvalue weighted by atomic mass is 9.90.